The van der Waals surface area contributed by atoms with Gasteiger partial charge in [0.05, 0.1) is 26.4 Å². The van der Waals surface area contributed by atoms with Gasteiger partial charge < -0.3 is 95.7 Å². The van der Waals surface area contributed by atoms with E-state index in [0.717, 1.165) is 55.6 Å². The molecule has 2 fully saturated rings. The molecule has 6 amide bonds. The van der Waals surface area contributed by atoms with Crippen LogP contribution in [-0.2, 0) is 86.1 Å². The van der Waals surface area contributed by atoms with Crippen molar-refractivity contribution in [3.8, 4) is 23.0 Å². The Balaban J connectivity index is 1.47. The maximum absolute atomic E-state index is 14.4. The van der Waals surface area contributed by atoms with Crippen LogP contribution in [0.4, 0.5) is 28.8 Å². The molecule has 2 saturated heterocycles. The summed E-state index contributed by atoms with van der Waals surface area (Å²) in [5, 5.41) is 0. The highest BCUT2D eigenvalue weighted by Crippen LogP contribution is 2.41. The first-order chi connectivity index (χ1) is 56.5. The SMILES string of the molecule is CCOCCOc1c2cccc1Cc1cc(CN3CCN(C(=O)OC(C)(C)C)CCN(C(=O)OC(C)(C)C)CCN(C(=O)OC(C)(C)C)CC3)cc(c1OCCOCC)Cc1cccc(c1OCCOCC)Cc1cc(CN3CCN(C(=O)OC(C)(C)C)CCN(C(=O)OC(C)(C)C)CCN(C(=O)OC(C)(C)C)CC3)cc(c1OCCOCC)C2. The number of hydrogen-bond donors (Lipinski definition) is 0. The van der Waals surface area contributed by atoms with E-state index < -0.39 is 70.2 Å². The van der Waals surface area contributed by atoms with Crippen LogP contribution >= 0.6 is 0 Å². The van der Waals surface area contributed by atoms with Crippen LogP contribution in [0, 0.1) is 0 Å². The molecular weight excluding hydrogens is 1540 g/mol. The second kappa shape index (κ2) is 46.1. The normalized spacial score (nSPS) is 15.9. The fourth-order valence-electron chi connectivity index (χ4n) is 13.9. The summed E-state index contributed by atoms with van der Waals surface area (Å²) < 4.78 is 88.6. The zero-order valence-corrected chi connectivity index (χ0v) is 76.6. The van der Waals surface area contributed by atoms with E-state index in [2.05, 4.69) is 70.5 Å². The lowest BCUT2D eigenvalue weighted by Crippen LogP contribution is -2.51. The molecule has 0 aromatic heterocycles. The average Bonchev–Trinajstić information content (AvgIpc) is 0.777. The number of hydrogen-bond acceptors (Lipinski definition) is 22. The smallest absolute Gasteiger partial charge is 0.410 e. The van der Waals surface area contributed by atoms with Crippen LogP contribution in [0.25, 0.3) is 0 Å². The highest BCUT2D eigenvalue weighted by molar-refractivity contribution is 5.72. The molecule has 120 heavy (non-hydrogen) atoms. The van der Waals surface area contributed by atoms with Crippen molar-refractivity contribution in [3.63, 3.8) is 0 Å². The summed E-state index contributed by atoms with van der Waals surface area (Å²) in [5.74, 6) is 2.67. The molecule has 0 atom stereocenters. The van der Waals surface area contributed by atoms with Gasteiger partial charge in [-0.3, -0.25) is 9.80 Å². The molecule has 0 spiro atoms. The van der Waals surface area contributed by atoms with Gasteiger partial charge in [0, 0.05) is 170 Å². The maximum atomic E-state index is 14.4. The molecule has 0 N–H and O–H groups in total. The first-order valence-electron chi connectivity index (χ1n) is 43.1. The van der Waals surface area contributed by atoms with Gasteiger partial charge >= 0.3 is 36.6 Å². The van der Waals surface area contributed by atoms with Gasteiger partial charge in [0.25, 0.3) is 0 Å². The second-order valence-corrected chi connectivity index (χ2v) is 36.5. The average molecular weight is 1680 g/mol. The minimum Gasteiger partial charge on any atom is -0.491 e. The van der Waals surface area contributed by atoms with Crippen molar-refractivity contribution in [1.29, 1.82) is 0 Å². The lowest BCUT2D eigenvalue weighted by Gasteiger charge is -2.36. The molecular formula is C92H144N8O20. The predicted octanol–water partition coefficient (Wildman–Crippen LogP) is 15.1. The summed E-state index contributed by atoms with van der Waals surface area (Å²) in [5.41, 5.74) is 3.84. The van der Waals surface area contributed by atoms with E-state index in [1.165, 1.54) is 9.80 Å². The Kier molecular flexibility index (Phi) is 37.9. The molecule has 2 aliphatic heterocycles. The van der Waals surface area contributed by atoms with E-state index in [0.29, 0.717) is 141 Å². The molecule has 0 radical (unpaired) electrons. The van der Waals surface area contributed by atoms with Crippen LogP contribution in [0.5, 0.6) is 23.0 Å². The maximum Gasteiger partial charge on any atom is 0.410 e. The lowest BCUT2D eigenvalue weighted by atomic mass is 9.89. The zero-order chi connectivity index (χ0) is 88.2. The number of carbonyl (C=O) groups excluding carboxylic acids is 6. The van der Waals surface area contributed by atoms with Gasteiger partial charge in [-0.15, -0.1) is 0 Å². The van der Waals surface area contributed by atoms with Crippen LogP contribution in [0.15, 0.2) is 60.7 Å². The van der Waals surface area contributed by atoms with E-state index in [1.807, 2.05) is 111 Å². The van der Waals surface area contributed by atoms with Crippen LogP contribution in [-0.4, -0.2) is 293 Å². The van der Waals surface area contributed by atoms with E-state index in [1.54, 1.807) is 61.1 Å². The number of ether oxygens (including phenoxy) is 14. The van der Waals surface area contributed by atoms with Crippen molar-refractivity contribution in [1.82, 2.24) is 39.2 Å². The standard InChI is InChI=1S/C92H144N8O20/c1-23-107-49-53-111-77-69-29-27-30-70(77)62-74-58-68(66-94-35-39-97(83(103)117-89(11,12)13)43-47-100(86(106)120-92(20,21)22)48-44-98(40-36-94)84(104)118-90(14,15)16)60-76(80(74)114-56-52-110-26-4)64-72-32-28-31-71(78(72)112-54-50-108-24-2)63-75-59-67(57-73(61-69)79(75)113-55-51-109-25-3)65-93-33-37-95(81(101)115-87(5,6)7)41-45-99(85(105)119-91(17,18)19)46-42-96(38-34-93)82(102)116-88(8,9)10/h27-32,57-60H,23-26,33-56,61-66H2,1-22H3. The van der Waals surface area contributed by atoms with Gasteiger partial charge in [-0.2, -0.15) is 0 Å². The molecule has 28 nitrogen and oxygen atoms in total. The largest absolute Gasteiger partial charge is 0.491 e. The topological polar surface area (TPSA) is 258 Å². The molecule has 3 aliphatic rings. The zero-order valence-electron chi connectivity index (χ0n) is 76.6. The number of benzene rings is 4. The van der Waals surface area contributed by atoms with Crippen molar-refractivity contribution >= 4 is 36.6 Å². The van der Waals surface area contributed by atoms with E-state index in [-0.39, 0.29) is 105 Å². The molecule has 672 valence electrons. The van der Waals surface area contributed by atoms with Gasteiger partial charge in [-0.05, 0) is 208 Å². The van der Waals surface area contributed by atoms with Crippen molar-refractivity contribution in [2.45, 2.75) is 225 Å². The van der Waals surface area contributed by atoms with Gasteiger partial charge in [0.1, 0.15) is 83.0 Å². The Hall–Kier alpha value is -8.54. The van der Waals surface area contributed by atoms with Crippen molar-refractivity contribution in [3.05, 3.63) is 116 Å². The van der Waals surface area contributed by atoms with Gasteiger partial charge in [-0.25, -0.2) is 28.8 Å². The molecule has 7 rings (SSSR count). The quantitative estimate of drug-likeness (QED) is 0.0411. The molecule has 28 heteroatoms. The minimum atomic E-state index is -0.827. The first-order valence-corrected chi connectivity index (χ1v) is 43.1. The number of rotatable bonds is 24. The van der Waals surface area contributed by atoms with Gasteiger partial charge in [0.2, 0.25) is 0 Å². The molecule has 8 bridgehead atoms. The van der Waals surface area contributed by atoms with E-state index in [9.17, 15) is 28.8 Å². The molecule has 4 aromatic rings. The molecule has 0 unspecified atom stereocenters. The third kappa shape index (κ3) is 34.4. The van der Waals surface area contributed by atoms with Crippen LogP contribution in [0.3, 0.4) is 0 Å². The highest BCUT2D eigenvalue weighted by atomic mass is 16.6. The minimum absolute atomic E-state index is 0.0971. The van der Waals surface area contributed by atoms with Crippen LogP contribution in [0.2, 0.25) is 0 Å². The van der Waals surface area contributed by atoms with Gasteiger partial charge in [-0.1, -0.05) is 60.7 Å². The molecule has 2 heterocycles. The summed E-state index contributed by atoms with van der Waals surface area (Å²) in [6, 6.07) is 21.3. The Morgan fingerprint density at radius 1 is 0.258 bits per heavy atom. The first kappa shape index (κ1) is 98.6. The molecule has 4 aromatic carbocycles. The molecule has 0 saturated carbocycles. The summed E-state index contributed by atoms with van der Waals surface area (Å²) in [6.07, 6.45) is -1.96. The summed E-state index contributed by atoms with van der Waals surface area (Å²) >= 11 is 0. The van der Waals surface area contributed by atoms with Crippen LogP contribution < -0.4 is 18.9 Å². The number of nitrogens with zero attached hydrogens (tertiary/aromatic N) is 8. The van der Waals surface area contributed by atoms with Crippen molar-refractivity contribution in [2.24, 2.45) is 0 Å². The van der Waals surface area contributed by atoms with E-state index in [4.69, 9.17) is 66.3 Å². The highest BCUT2D eigenvalue weighted by Gasteiger charge is 2.35. The number of fused-ring (bicyclic) bond motifs is 8. The lowest BCUT2D eigenvalue weighted by molar-refractivity contribution is 0.00431. The Morgan fingerprint density at radius 3 is 0.608 bits per heavy atom. The monoisotopic (exact) mass is 1680 g/mol. The van der Waals surface area contributed by atoms with Crippen molar-refractivity contribution in [2.75, 3.05) is 184 Å². The predicted molar refractivity (Wildman–Crippen MR) is 462 cm³/mol. The van der Waals surface area contributed by atoms with Crippen LogP contribution in [0.1, 0.15) is 208 Å². The Bertz CT molecular complexity index is 3500. The third-order valence-corrected chi connectivity index (χ3v) is 19.2. The fourth-order valence-corrected chi connectivity index (χ4v) is 13.9. The molecule has 1 aliphatic carbocycles. The van der Waals surface area contributed by atoms with Gasteiger partial charge in [0.15, 0.2) is 0 Å². The number of para-hydroxylation sites is 2. The summed E-state index contributed by atoms with van der Waals surface area (Å²) in [6.45, 7) is 48.4. The Labute approximate surface area is 715 Å². The van der Waals surface area contributed by atoms with Crippen molar-refractivity contribution < 1.29 is 95.1 Å². The second-order valence-electron chi connectivity index (χ2n) is 36.5. The summed E-state index contributed by atoms with van der Waals surface area (Å²) in [4.78, 5) is 100. The number of carbonyl (C=O) groups is 6. The fraction of sp³-hybridized carbons (Fsp3) is 0.674. The Morgan fingerprint density at radius 2 is 0.433 bits per heavy atom. The summed E-state index contributed by atoms with van der Waals surface area (Å²) in [7, 11) is 0. The number of amides is 6. The third-order valence-electron chi connectivity index (χ3n) is 19.2. The van der Waals surface area contributed by atoms with E-state index >= 15 is 0 Å².